The normalized spacial score (nSPS) is 12.7. The van der Waals surface area contributed by atoms with Gasteiger partial charge in [0, 0.05) is 18.1 Å². The Morgan fingerprint density at radius 3 is 2.52 bits per heavy atom. The Hall–Kier alpha value is -0.630. The van der Waals surface area contributed by atoms with E-state index < -0.39 is 10.0 Å². The quantitative estimate of drug-likeness (QED) is 0.790. The molecule has 0 atom stereocenters. The SMILES string of the molecule is CCOc1ccc(Br)cc1S(=O)(=O)N(C)CC(C)(C)CN. The maximum absolute atomic E-state index is 12.8. The zero-order valence-corrected chi connectivity index (χ0v) is 15.3. The highest BCUT2D eigenvalue weighted by atomic mass is 79.9. The lowest BCUT2D eigenvalue weighted by molar-refractivity contribution is 0.289. The minimum Gasteiger partial charge on any atom is -0.492 e. The zero-order valence-electron chi connectivity index (χ0n) is 12.9. The van der Waals surface area contributed by atoms with E-state index in [4.69, 9.17) is 10.5 Å². The lowest BCUT2D eigenvalue weighted by Crippen LogP contribution is -2.39. The highest BCUT2D eigenvalue weighted by molar-refractivity contribution is 9.10. The van der Waals surface area contributed by atoms with Gasteiger partial charge in [-0.15, -0.1) is 0 Å². The largest absolute Gasteiger partial charge is 0.492 e. The zero-order chi connectivity index (χ0) is 16.3. The molecule has 0 heterocycles. The molecule has 0 unspecified atom stereocenters. The minimum absolute atomic E-state index is 0.161. The second-order valence-corrected chi connectivity index (χ2v) is 8.58. The first-order valence-electron chi connectivity index (χ1n) is 6.73. The molecular weight excluding hydrogens is 356 g/mol. The molecule has 120 valence electrons. The fourth-order valence-corrected chi connectivity index (χ4v) is 3.90. The van der Waals surface area contributed by atoms with Gasteiger partial charge in [-0.1, -0.05) is 29.8 Å². The van der Waals surface area contributed by atoms with Crippen LogP contribution in [0, 0.1) is 5.41 Å². The number of nitrogens with zero attached hydrogens (tertiary/aromatic N) is 1. The molecular formula is C14H23BrN2O3S. The predicted molar refractivity (Wildman–Crippen MR) is 88.0 cm³/mol. The Morgan fingerprint density at radius 2 is 2.00 bits per heavy atom. The van der Waals surface area contributed by atoms with Crippen molar-refractivity contribution in [3.05, 3.63) is 22.7 Å². The van der Waals surface area contributed by atoms with Gasteiger partial charge < -0.3 is 10.5 Å². The van der Waals surface area contributed by atoms with Crippen molar-refractivity contribution >= 4 is 26.0 Å². The molecule has 0 fully saturated rings. The summed E-state index contributed by atoms with van der Waals surface area (Å²) >= 11 is 3.31. The number of hydrogen-bond donors (Lipinski definition) is 1. The minimum atomic E-state index is -3.63. The van der Waals surface area contributed by atoms with Crippen molar-refractivity contribution in [3.63, 3.8) is 0 Å². The van der Waals surface area contributed by atoms with Crippen LogP contribution in [0.2, 0.25) is 0 Å². The summed E-state index contributed by atoms with van der Waals surface area (Å²) in [6.45, 7) is 6.84. The monoisotopic (exact) mass is 378 g/mol. The van der Waals surface area contributed by atoms with E-state index >= 15 is 0 Å². The van der Waals surface area contributed by atoms with Crippen LogP contribution in [-0.4, -0.2) is 39.5 Å². The fraction of sp³-hybridized carbons (Fsp3) is 0.571. The molecule has 0 aliphatic carbocycles. The molecule has 0 aromatic heterocycles. The maximum Gasteiger partial charge on any atom is 0.246 e. The predicted octanol–water partition coefficient (Wildman–Crippen LogP) is 2.45. The molecule has 2 N–H and O–H groups in total. The van der Waals surface area contributed by atoms with Crippen LogP contribution < -0.4 is 10.5 Å². The van der Waals surface area contributed by atoms with E-state index in [9.17, 15) is 8.42 Å². The number of rotatable bonds is 7. The second-order valence-electron chi connectivity index (χ2n) is 5.65. The molecule has 1 rings (SSSR count). The summed E-state index contributed by atoms with van der Waals surface area (Å²) in [6.07, 6.45) is 0. The van der Waals surface area contributed by atoms with Gasteiger partial charge in [0.25, 0.3) is 0 Å². The van der Waals surface area contributed by atoms with Gasteiger partial charge in [0.05, 0.1) is 6.61 Å². The lowest BCUT2D eigenvalue weighted by Gasteiger charge is -2.29. The van der Waals surface area contributed by atoms with E-state index in [0.29, 0.717) is 29.9 Å². The summed E-state index contributed by atoms with van der Waals surface area (Å²) in [4.78, 5) is 0.161. The summed E-state index contributed by atoms with van der Waals surface area (Å²) in [6, 6.07) is 4.97. The number of halogens is 1. The molecule has 0 spiro atoms. The van der Waals surface area contributed by atoms with Crippen molar-refractivity contribution in [2.75, 3.05) is 26.7 Å². The molecule has 1 aromatic rings. The van der Waals surface area contributed by atoms with Crippen LogP contribution in [-0.2, 0) is 10.0 Å². The Labute approximate surface area is 135 Å². The Morgan fingerprint density at radius 1 is 1.38 bits per heavy atom. The molecule has 21 heavy (non-hydrogen) atoms. The van der Waals surface area contributed by atoms with Gasteiger partial charge in [-0.3, -0.25) is 0 Å². The molecule has 5 nitrogen and oxygen atoms in total. The summed E-state index contributed by atoms with van der Waals surface area (Å²) in [7, 11) is -2.08. The highest BCUT2D eigenvalue weighted by Gasteiger charge is 2.29. The van der Waals surface area contributed by atoms with Crippen LogP contribution in [0.3, 0.4) is 0 Å². The van der Waals surface area contributed by atoms with Gasteiger partial charge >= 0.3 is 0 Å². The van der Waals surface area contributed by atoms with Crippen molar-refractivity contribution in [1.82, 2.24) is 4.31 Å². The van der Waals surface area contributed by atoms with Crippen LogP contribution in [0.5, 0.6) is 5.75 Å². The van der Waals surface area contributed by atoms with Crippen molar-refractivity contribution in [2.45, 2.75) is 25.7 Å². The first kappa shape index (κ1) is 18.4. The Kier molecular flexibility index (Phi) is 6.22. The lowest BCUT2D eigenvalue weighted by atomic mass is 9.94. The van der Waals surface area contributed by atoms with Crippen molar-refractivity contribution < 1.29 is 13.2 Å². The van der Waals surface area contributed by atoms with Gasteiger partial charge in [0.1, 0.15) is 10.6 Å². The molecule has 0 saturated heterocycles. The smallest absolute Gasteiger partial charge is 0.246 e. The van der Waals surface area contributed by atoms with Gasteiger partial charge in [0.15, 0.2) is 0 Å². The van der Waals surface area contributed by atoms with Crippen LogP contribution in [0.4, 0.5) is 0 Å². The van der Waals surface area contributed by atoms with E-state index in [1.54, 1.807) is 25.2 Å². The molecule has 7 heteroatoms. The van der Waals surface area contributed by atoms with Gasteiger partial charge in [-0.25, -0.2) is 12.7 Å². The molecule has 0 aliphatic rings. The first-order valence-corrected chi connectivity index (χ1v) is 8.96. The molecule has 0 saturated carbocycles. The van der Waals surface area contributed by atoms with Crippen LogP contribution in [0.1, 0.15) is 20.8 Å². The number of sulfonamides is 1. The van der Waals surface area contributed by atoms with Gasteiger partial charge in [0.2, 0.25) is 10.0 Å². The second kappa shape index (κ2) is 7.09. The number of nitrogens with two attached hydrogens (primary N) is 1. The number of ether oxygens (including phenoxy) is 1. The topological polar surface area (TPSA) is 72.6 Å². The number of benzene rings is 1. The third kappa shape index (κ3) is 4.67. The summed E-state index contributed by atoms with van der Waals surface area (Å²) < 4.78 is 33.0. The number of hydrogen-bond acceptors (Lipinski definition) is 4. The van der Waals surface area contributed by atoms with E-state index in [1.165, 1.54) is 4.31 Å². The molecule has 1 aromatic carbocycles. The summed E-state index contributed by atoms with van der Waals surface area (Å²) in [5.41, 5.74) is 5.39. The van der Waals surface area contributed by atoms with E-state index in [-0.39, 0.29) is 10.3 Å². The Bertz CT molecular complexity index is 588. The van der Waals surface area contributed by atoms with Crippen LogP contribution in [0.15, 0.2) is 27.6 Å². The van der Waals surface area contributed by atoms with Gasteiger partial charge in [-0.2, -0.15) is 0 Å². The first-order chi connectivity index (χ1) is 9.64. The third-order valence-electron chi connectivity index (χ3n) is 3.10. The highest BCUT2D eigenvalue weighted by Crippen LogP contribution is 2.30. The average molecular weight is 379 g/mol. The molecule has 0 radical (unpaired) electrons. The van der Waals surface area contributed by atoms with Crippen LogP contribution in [0.25, 0.3) is 0 Å². The fourth-order valence-electron chi connectivity index (χ4n) is 1.88. The summed E-state index contributed by atoms with van der Waals surface area (Å²) in [5.74, 6) is 0.359. The maximum atomic E-state index is 12.8. The van der Waals surface area contributed by atoms with E-state index in [2.05, 4.69) is 15.9 Å². The molecule has 0 aliphatic heterocycles. The molecule has 0 bridgehead atoms. The van der Waals surface area contributed by atoms with Gasteiger partial charge in [-0.05, 0) is 37.1 Å². The van der Waals surface area contributed by atoms with Crippen molar-refractivity contribution in [1.29, 1.82) is 0 Å². The summed E-state index contributed by atoms with van der Waals surface area (Å²) in [5, 5.41) is 0. The Balaban J connectivity index is 3.21. The standard InChI is InChI=1S/C14H23BrN2O3S/c1-5-20-12-7-6-11(15)8-13(12)21(18,19)17(4)10-14(2,3)9-16/h6-8H,5,9-10,16H2,1-4H3. The third-order valence-corrected chi connectivity index (χ3v) is 5.41. The van der Waals surface area contributed by atoms with Crippen molar-refractivity contribution in [3.8, 4) is 5.75 Å². The molecule has 0 amide bonds. The average Bonchev–Trinajstić information content (AvgIpc) is 2.40. The van der Waals surface area contributed by atoms with E-state index in [1.807, 2.05) is 20.8 Å². The van der Waals surface area contributed by atoms with Crippen molar-refractivity contribution in [2.24, 2.45) is 11.1 Å². The van der Waals surface area contributed by atoms with Crippen LogP contribution >= 0.6 is 15.9 Å². The van der Waals surface area contributed by atoms with E-state index in [0.717, 1.165) is 0 Å².